The Morgan fingerprint density at radius 2 is 1.86 bits per heavy atom. The molecule has 3 rings (SSSR count). The lowest BCUT2D eigenvalue weighted by Crippen LogP contribution is -2.38. The van der Waals surface area contributed by atoms with Crippen LogP contribution in [0.1, 0.15) is 31.2 Å². The summed E-state index contributed by atoms with van der Waals surface area (Å²) in [5.74, 6) is 1.61. The van der Waals surface area contributed by atoms with Crippen LogP contribution in [0.25, 0.3) is 0 Å². The molecule has 6 heteroatoms. The van der Waals surface area contributed by atoms with E-state index in [0.29, 0.717) is 19.8 Å². The molecule has 0 amide bonds. The molecule has 1 aromatic heterocycles. The maximum absolute atomic E-state index is 10.2. The van der Waals surface area contributed by atoms with Gasteiger partial charge in [0.15, 0.2) is 0 Å². The molecule has 158 valence electrons. The molecule has 0 bridgehead atoms. The van der Waals surface area contributed by atoms with Gasteiger partial charge in [-0.1, -0.05) is 18.6 Å². The summed E-state index contributed by atoms with van der Waals surface area (Å²) in [5.41, 5.74) is 1.21. The summed E-state index contributed by atoms with van der Waals surface area (Å²) in [7, 11) is 0. The first-order chi connectivity index (χ1) is 14.3. The number of ether oxygens (including phenoxy) is 2. The third-order valence-electron chi connectivity index (χ3n) is 5.01. The minimum absolute atomic E-state index is 0.338. The number of pyridine rings is 1. The van der Waals surface area contributed by atoms with Crippen LogP contribution in [0.5, 0.6) is 11.5 Å². The lowest BCUT2D eigenvalue weighted by atomic mass is 10.1. The van der Waals surface area contributed by atoms with E-state index in [-0.39, 0.29) is 0 Å². The van der Waals surface area contributed by atoms with Crippen LogP contribution in [-0.4, -0.2) is 60.5 Å². The number of piperidine rings is 1. The third kappa shape index (κ3) is 8.40. The van der Waals surface area contributed by atoms with Crippen molar-refractivity contribution in [3.63, 3.8) is 0 Å². The van der Waals surface area contributed by atoms with E-state index in [9.17, 15) is 5.11 Å². The van der Waals surface area contributed by atoms with Crippen LogP contribution in [0.2, 0.25) is 0 Å². The number of β-amino-alcohol motifs (C(OH)–C–C–N with tert-alkyl or cyclic N) is 1. The molecule has 2 N–H and O–H groups in total. The minimum atomic E-state index is -0.441. The van der Waals surface area contributed by atoms with E-state index < -0.39 is 6.10 Å². The summed E-state index contributed by atoms with van der Waals surface area (Å²) in [6.07, 6.45) is 7.74. The molecule has 1 aromatic carbocycles. The second-order valence-electron chi connectivity index (χ2n) is 7.54. The van der Waals surface area contributed by atoms with Crippen molar-refractivity contribution in [1.29, 1.82) is 0 Å². The Morgan fingerprint density at radius 3 is 2.62 bits per heavy atom. The fourth-order valence-corrected chi connectivity index (χ4v) is 3.44. The Balaban J connectivity index is 1.25. The van der Waals surface area contributed by atoms with Gasteiger partial charge in [-0.05, 0) is 68.7 Å². The molecule has 1 aliphatic rings. The van der Waals surface area contributed by atoms with Crippen molar-refractivity contribution >= 4 is 0 Å². The van der Waals surface area contributed by atoms with Gasteiger partial charge in [-0.3, -0.25) is 4.98 Å². The molecule has 0 saturated carbocycles. The number of rotatable bonds is 12. The number of aromatic nitrogens is 1. The summed E-state index contributed by atoms with van der Waals surface area (Å²) in [5, 5.41) is 13.6. The van der Waals surface area contributed by atoms with Gasteiger partial charge in [0.25, 0.3) is 0 Å². The van der Waals surface area contributed by atoms with E-state index in [2.05, 4.69) is 27.3 Å². The number of hydrogen-bond donors (Lipinski definition) is 2. The Morgan fingerprint density at radius 1 is 1.03 bits per heavy atom. The minimum Gasteiger partial charge on any atom is -0.492 e. The molecular formula is C23H33N3O3. The highest BCUT2D eigenvalue weighted by Crippen LogP contribution is 2.14. The van der Waals surface area contributed by atoms with Crippen molar-refractivity contribution in [3.8, 4) is 11.5 Å². The van der Waals surface area contributed by atoms with E-state index in [1.165, 1.54) is 24.8 Å². The molecule has 6 nitrogen and oxygen atoms in total. The van der Waals surface area contributed by atoms with Crippen molar-refractivity contribution in [2.45, 2.75) is 38.3 Å². The van der Waals surface area contributed by atoms with Gasteiger partial charge in [0.05, 0.1) is 12.8 Å². The van der Waals surface area contributed by atoms with Crippen LogP contribution < -0.4 is 14.8 Å². The van der Waals surface area contributed by atoms with Gasteiger partial charge >= 0.3 is 0 Å². The highest BCUT2D eigenvalue weighted by Gasteiger charge is 2.14. The first kappa shape index (κ1) is 21.6. The summed E-state index contributed by atoms with van der Waals surface area (Å²) < 4.78 is 11.4. The Hall–Kier alpha value is -2.15. The molecule has 0 radical (unpaired) electrons. The van der Waals surface area contributed by atoms with Crippen LogP contribution in [0, 0.1) is 0 Å². The lowest BCUT2D eigenvalue weighted by molar-refractivity contribution is 0.0617. The van der Waals surface area contributed by atoms with Crippen LogP contribution in [0.15, 0.2) is 48.8 Å². The van der Waals surface area contributed by atoms with Gasteiger partial charge in [0, 0.05) is 19.3 Å². The number of aliphatic hydroxyl groups excluding tert-OH is 1. The van der Waals surface area contributed by atoms with E-state index in [1.54, 1.807) is 12.4 Å². The number of nitrogens with zero attached hydrogens (tertiary/aromatic N) is 2. The predicted octanol–water partition coefficient (Wildman–Crippen LogP) is 2.87. The maximum Gasteiger partial charge on any atom is 0.137 e. The molecule has 2 heterocycles. The molecule has 29 heavy (non-hydrogen) atoms. The highest BCUT2D eigenvalue weighted by molar-refractivity contribution is 5.27. The molecule has 1 fully saturated rings. The van der Waals surface area contributed by atoms with Crippen molar-refractivity contribution < 1.29 is 14.6 Å². The summed E-state index contributed by atoms with van der Waals surface area (Å²) in [6.45, 7) is 5.59. The van der Waals surface area contributed by atoms with Gasteiger partial charge in [-0.25, -0.2) is 0 Å². The van der Waals surface area contributed by atoms with E-state index >= 15 is 0 Å². The molecule has 1 aliphatic heterocycles. The van der Waals surface area contributed by atoms with Gasteiger partial charge in [-0.15, -0.1) is 0 Å². The molecule has 0 spiro atoms. The van der Waals surface area contributed by atoms with Gasteiger partial charge in [0.1, 0.15) is 24.2 Å². The predicted molar refractivity (Wildman–Crippen MR) is 114 cm³/mol. The normalized spacial score (nSPS) is 15.8. The molecular weight excluding hydrogens is 366 g/mol. The zero-order valence-electron chi connectivity index (χ0n) is 17.1. The number of nitrogens with one attached hydrogen (secondary N) is 1. The number of hydrogen-bond acceptors (Lipinski definition) is 6. The van der Waals surface area contributed by atoms with Crippen molar-refractivity contribution in [3.05, 3.63) is 54.4 Å². The zero-order valence-corrected chi connectivity index (χ0v) is 17.1. The third-order valence-corrected chi connectivity index (χ3v) is 5.01. The average Bonchev–Trinajstić information content (AvgIpc) is 2.77. The Labute approximate surface area is 173 Å². The SMILES string of the molecule is OC(COc1ccc(CNCCCOc2cccnc2)cc1)CN1CCCCC1. The molecule has 1 atom stereocenters. The molecule has 0 aliphatic carbocycles. The quantitative estimate of drug-likeness (QED) is 0.535. The summed E-state index contributed by atoms with van der Waals surface area (Å²) in [4.78, 5) is 6.36. The zero-order chi connectivity index (χ0) is 20.2. The van der Waals surface area contributed by atoms with E-state index in [1.807, 2.05) is 24.3 Å². The summed E-state index contributed by atoms with van der Waals surface area (Å²) >= 11 is 0. The number of benzene rings is 1. The molecule has 1 unspecified atom stereocenters. The second kappa shape index (κ2) is 12.4. The fourth-order valence-electron chi connectivity index (χ4n) is 3.44. The van der Waals surface area contributed by atoms with E-state index in [0.717, 1.165) is 44.1 Å². The van der Waals surface area contributed by atoms with Crippen LogP contribution in [0.3, 0.4) is 0 Å². The Kier molecular flexibility index (Phi) is 9.23. The number of likely N-dealkylation sites (tertiary alicyclic amines) is 1. The monoisotopic (exact) mass is 399 g/mol. The average molecular weight is 400 g/mol. The smallest absolute Gasteiger partial charge is 0.137 e. The molecule has 1 saturated heterocycles. The Bertz CT molecular complexity index is 676. The molecule has 2 aromatic rings. The van der Waals surface area contributed by atoms with E-state index in [4.69, 9.17) is 9.47 Å². The van der Waals surface area contributed by atoms with Gasteiger partial charge in [-0.2, -0.15) is 0 Å². The first-order valence-electron chi connectivity index (χ1n) is 10.7. The van der Waals surface area contributed by atoms with Gasteiger partial charge in [0.2, 0.25) is 0 Å². The highest BCUT2D eigenvalue weighted by atomic mass is 16.5. The van der Waals surface area contributed by atoms with Crippen molar-refractivity contribution in [2.24, 2.45) is 0 Å². The second-order valence-corrected chi connectivity index (χ2v) is 7.54. The summed E-state index contributed by atoms with van der Waals surface area (Å²) in [6, 6.07) is 11.8. The van der Waals surface area contributed by atoms with Crippen molar-refractivity contribution in [1.82, 2.24) is 15.2 Å². The fraction of sp³-hybridized carbons (Fsp3) is 0.522. The van der Waals surface area contributed by atoms with Crippen LogP contribution in [0.4, 0.5) is 0 Å². The van der Waals surface area contributed by atoms with Crippen LogP contribution >= 0.6 is 0 Å². The maximum atomic E-state index is 10.2. The van der Waals surface area contributed by atoms with Crippen LogP contribution in [-0.2, 0) is 6.54 Å². The number of aliphatic hydroxyl groups is 1. The standard InChI is InChI=1S/C23H33N3O3/c27-21(18-26-13-2-1-3-14-26)19-29-22-9-7-20(8-10-22)16-24-12-5-15-28-23-6-4-11-25-17-23/h4,6-11,17,21,24,27H,1-3,5,12-16,18-19H2. The van der Waals surface area contributed by atoms with Crippen molar-refractivity contribution in [2.75, 3.05) is 39.4 Å². The van der Waals surface area contributed by atoms with Gasteiger partial charge < -0.3 is 24.8 Å². The topological polar surface area (TPSA) is 66.8 Å². The lowest BCUT2D eigenvalue weighted by Gasteiger charge is -2.28. The largest absolute Gasteiger partial charge is 0.492 e. The first-order valence-corrected chi connectivity index (χ1v) is 10.7.